The topological polar surface area (TPSA) is 0 Å². The Labute approximate surface area is 126 Å². The van der Waals surface area contributed by atoms with Crippen LogP contribution in [0, 0.1) is 40.4 Å². The third kappa shape index (κ3) is 1.66. The van der Waals surface area contributed by atoms with Crippen LogP contribution in [-0.2, 0) is 0 Å². The van der Waals surface area contributed by atoms with Gasteiger partial charge in [-0.15, -0.1) is 0 Å². The molecule has 0 bridgehead atoms. The highest BCUT2D eigenvalue weighted by Crippen LogP contribution is 2.67. The van der Waals surface area contributed by atoms with Crippen LogP contribution < -0.4 is 0 Å². The van der Waals surface area contributed by atoms with Gasteiger partial charge in [0.2, 0.25) is 0 Å². The van der Waals surface area contributed by atoms with E-state index in [-0.39, 0.29) is 0 Å². The highest BCUT2D eigenvalue weighted by Gasteiger charge is 2.58. The molecule has 0 amide bonds. The summed E-state index contributed by atoms with van der Waals surface area (Å²) in [6.45, 7) is 7.91. The molecule has 114 valence electrons. The van der Waals surface area contributed by atoms with E-state index >= 15 is 0 Å². The average Bonchev–Trinajstić information content (AvgIpc) is 2.74. The Bertz CT molecular complexity index is 385. The first-order valence-corrected chi connectivity index (χ1v) is 9.56. The molecule has 4 saturated carbocycles. The SMILES string of the molecule is C[C@H]1CC[C@H]2[C@@H]3CC[C@H]4CCCC[C@]4(C)[C@H]3CC[C@]12C. The first-order valence-electron chi connectivity index (χ1n) is 9.56. The lowest BCUT2D eigenvalue weighted by Gasteiger charge is -2.60. The molecule has 0 aromatic carbocycles. The van der Waals surface area contributed by atoms with Crippen molar-refractivity contribution in [1.82, 2.24) is 0 Å². The van der Waals surface area contributed by atoms with Crippen LogP contribution in [0.3, 0.4) is 0 Å². The average molecular weight is 274 g/mol. The number of fused-ring (bicyclic) bond motifs is 5. The van der Waals surface area contributed by atoms with Crippen LogP contribution >= 0.6 is 0 Å². The van der Waals surface area contributed by atoms with Crippen molar-refractivity contribution in [2.75, 3.05) is 0 Å². The molecule has 0 aromatic rings. The maximum atomic E-state index is 2.70. The van der Waals surface area contributed by atoms with Crippen molar-refractivity contribution in [2.24, 2.45) is 40.4 Å². The van der Waals surface area contributed by atoms with E-state index in [2.05, 4.69) is 20.8 Å². The Morgan fingerprint density at radius 2 is 1.50 bits per heavy atom. The zero-order valence-corrected chi connectivity index (χ0v) is 14.0. The van der Waals surface area contributed by atoms with Crippen LogP contribution in [0.2, 0.25) is 0 Å². The molecular formula is C20H34. The van der Waals surface area contributed by atoms with Crippen molar-refractivity contribution in [3.8, 4) is 0 Å². The van der Waals surface area contributed by atoms with E-state index < -0.39 is 0 Å². The van der Waals surface area contributed by atoms with Crippen molar-refractivity contribution >= 4 is 0 Å². The zero-order chi connectivity index (χ0) is 14.0. The van der Waals surface area contributed by atoms with Crippen molar-refractivity contribution < 1.29 is 0 Å². The van der Waals surface area contributed by atoms with Crippen molar-refractivity contribution in [3.63, 3.8) is 0 Å². The minimum Gasteiger partial charge on any atom is -0.0620 e. The van der Waals surface area contributed by atoms with E-state index in [4.69, 9.17) is 0 Å². The monoisotopic (exact) mass is 274 g/mol. The summed E-state index contributed by atoms with van der Waals surface area (Å²) in [7, 11) is 0. The van der Waals surface area contributed by atoms with E-state index in [1.807, 2.05) is 0 Å². The Kier molecular flexibility index (Phi) is 3.07. The van der Waals surface area contributed by atoms with Gasteiger partial charge in [-0.25, -0.2) is 0 Å². The summed E-state index contributed by atoms with van der Waals surface area (Å²) >= 11 is 0. The second-order valence-electron chi connectivity index (χ2n) is 9.43. The highest BCUT2D eigenvalue weighted by atomic mass is 14.6. The summed E-state index contributed by atoms with van der Waals surface area (Å²) in [5.41, 5.74) is 1.44. The predicted molar refractivity (Wildman–Crippen MR) is 85.5 cm³/mol. The smallest absolute Gasteiger partial charge is 0.0266 e. The van der Waals surface area contributed by atoms with Gasteiger partial charge in [0, 0.05) is 0 Å². The van der Waals surface area contributed by atoms with E-state index in [1.165, 1.54) is 19.3 Å². The molecule has 20 heavy (non-hydrogen) atoms. The molecular weight excluding hydrogens is 240 g/mol. The second-order valence-corrected chi connectivity index (χ2v) is 9.43. The first-order chi connectivity index (χ1) is 9.56. The summed E-state index contributed by atoms with van der Waals surface area (Å²) in [4.78, 5) is 0. The van der Waals surface area contributed by atoms with E-state index in [9.17, 15) is 0 Å². The van der Waals surface area contributed by atoms with Crippen LogP contribution in [0.15, 0.2) is 0 Å². The number of hydrogen-bond donors (Lipinski definition) is 0. The minimum atomic E-state index is 0.707. The van der Waals surface area contributed by atoms with Gasteiger partial charge in [-0.1, -0.05) is 33.6 Å². The van der Waals surface area contributed by atoms with E-state index in [0.29, 0.717) is 5.41 Å². The van der Waals surface area contributed by atoms with Crippen molar-refractivity contribution in [3.05, 3.63) is 0 Å². The van der Waals surface area contributed by atoms with Gasteiger partial charge in [0.15, 0.2) is 0 Å². The van der Waals surface area contributed by atoms with Gasteiger partial charge in [-0.3, -0.25) is 0 Å². The zero-order valence-electron chi connectivity index (χ0n) is 14.0. The van der Waals surface area contributed by atoms with Gasteiger partial charge in [-0.05, 0) is 91.8 Å². The molecule has 0 heteroatoms. The van der Waals surface area contributed by atoms with Gasteiger partial charge in [-0.2, -0.15) is 0 Å². The lowest BCUT2D eigenvalue weighted by Crippen LogP contribution is -2.52. The summed E-state index contributed by atoms with van der Waals surface area (Å²) in [6.07, 6.45) is 15.5. The van der Waals surface area contributed by atoms with Gasteiger partial charge in [0.1, 0.15) is 0 Å². The fourth-order valence-corrected chi connectivity index (χ4v) is 7.56. The fraction of sp³-hybridized carbons (Fsp3) is 1.00. The van der Waals surface area contributed by atoms with Crippen molar-refractivity contribution in [2.45, 2.75) is 85.0 Å². The standard InChI is InChI=1S/C20H34/c1-14-7-10-17-16-9-8-15-6-4-5-12-20(15,3)18(16)11-13-19(14,17)2/h14-18H,4-13H2,1-3H3/t14-,15+,16-,17-,18-,19+,20-/m0/s1. The molecule has 0 N–H and O–H groups in total. The molecule has 0 unspecified atom stereocenters. The predicted octanol–water partition coefficient (Wildman–Crippen LogP) is 6.06. The Balaban J connectivity index is 1.64. The van der Waals surface area contributed by atoms with Crippen molar-refractivity contribution in [1.29, 1.82) is 0 Å². The van der Waals surface area contributed by atoms with E-state index in [1.54, 1.807) is 44.9 Å². The van der Waals surface area contributed by atoms with Crippen LogP contribution in [0.1, 0.15) is 85.0 Å². The van der Waals surface area contributed by atoms with Gasteiger partial charge >= 0.3 is 0 Å². The first kappa shape index (κ1) is 13.6. The van der Waals surface area contributed by atoms with Crippen LogP contribution in [-0.4, -0.2) is 0 Å². The molecule has 0 aliphatic heterocycles. The highest BCUT2D eigenvalue weighted by molar-refractivity contribution is 5.07. The second kappa shape index (κ2) is 4.50. The molecule has 0 saturated heterocycles. The largest absolute Gasteiger partial charge is 0.0620 e. The van der Waals surface area contributed by atoms with Crippen LogP contribution in [0.25, 0.3) is 0 Å². The molecule has 0 aromatic heterocycles. The third-order valence-electron chi connectivity index (χ3n) is 9.06. The van der Waals surface area contributed by atoms with Gasteiger partial charge in [0.05, 0.1) is 0 Å². The maximum Gasteiger partial charge on any atom is -0.0266 e. The quantitative estimate of drug-likeness (QED) is 0.504. The van der Waals surface area contributed by atoms with Gasteiger partial charge in [0.25, 0.3) is 0 Å². The molecule has 4 aliphatic carbocycles. The molecule has 0 nitrogen and oxygen atoms in total. The third-order valence-corrected chi connectivity index (χ3v) is 9.06. The molecule has 4 rings (SSSR count). The lowest BCUT2D eigenvalue weighted by molar-refractivity contribution is -0.109. The molecule has 0 heterocycles. The number of rotatable bonds is 0. The molecule has 7 atom stereocenters. The van der Waals surface area contributed by atoms with Gasteiger partial charge < -0.3 is 0 Å². The molecule has 0 radical (unpaired) electrons. The van der Waals surface area contributed by atoms with Crippen LogP contribution in [0.4, 0.5) is 0 Å². The molecule has 4 fully saturated rings. The number of hydrogen-bond acceptors (Lipinski definition) is 0. The van der Waals surface area contributed by atoms with Crippen LogP contribution in [0.5, 0.6) is 0 Å². The normalized spacial score (nSPS) is 58.6. The Hall–Kier alpha value is 0. The Morgan fingerprint density at radius 3 is 2.35 bits per heavy atom. The summed E-state index contributed by atoms with van der Waals surface area (Å²) < 4.78 is 0. The summed E-state index contributed by atoms with van der Waals surface area (Å²) in [5, 5.41) is 0. The summed E-state index contributed by atoms with van der Waals surface area (Å²) in [5.74, 6) is 5.34. The molecule has 4 aliphatic rings. The summed E-state index contributed by atoms with van der Waals surface area (Å²) in [6, 6.07) is 0. The Morgan fingerprint density at radius 1 is 0.700 bits per heavy atom. The lowest BCUT2D eigenvalue weighted by atomic mass is 9.45. The minimum absolute atomic E-state index is 0.707. The maximum absolute atomic E-state index is 2.70. The molecule has 0 spiro atoms. The fourth-order valence-electron chi connectivity index (χ4n) is 7.56. The van der Waals surface area contributed by atoms with E-state index in [0.717, 1.165) is 35.0 Å².